The summed E-state index contributed by atoms with van der Waals surface area (Å²) in [5.41, 5.74) is 2.32. The highest BCUT2D eigenvalue weighted by Gasteiger charge is 2.30. The summed E-state index contributed by atoms with van der Waals surface area (Å²) in [5, 5.41) is 3.79. The van der Waals surface area contributed by atoms with E-state index in [2.05, 4.69) is 5.32 Å². The summed E-state index contributed by atoms with van der Waals surface area (Å²) in [6.07, 6.45) is 2.36. The molecular weight excluding hydrogens is 366 g/mol. The van der Waals surface area contributed by atoms with Gasteiger partial charge < -0.3 is 9.73 Å². The number of carbonyl (C=O) groups is 1. The first-order valence-corrected chi connectivity index (χ1v) is 9.97. The van der Waals surface area contributed by atoms with Crippen molar-refractivity contribution in [1.29, 1.82) is 0 Å². The second kappa shape index (κ2) is 6.71. The van der Waals surface area contributed by atoms with E-state index in [1.165, 1.54) is 8.61 Å². The number of anilines is 2. The fraction of sp³-hybridized carbons (Fsp3) is 0.211. The second-order valence-corrected chi connectivity index (χ2v) is 8.39. The number of hydrogen-bond acceptors (Lipinski definition) is 4. The molecule has 0 radical (unpaired) electrons. The summed E-state index contributed by atoms with van der Waals surface area (Å²) in [4.78, 5) is 12.5. The number of carbonyl (C=O) groups excluding carboxylic acids is 1. The van der Waals surface area contributed by atoms with E-state index in [9.17, 15) is 13.2 Å². The molecule has 3 aromatic rings. The topological polar surface area (TPSA) is 82.9 Å². The summed E-state index contributed by atoms with van der Waals surface area (Å²) in [6, 6.07) is 13.8. The lowest BCUT2D eigenvalue weighted by Crippen LogP contribution is -2.47. The summed E-state index contributed by atoms with van der Waals surface area (Å²) in [5.74, 6) is -0.272. The van der Waals surface area contributed by atoms with Crippen LogP contribution in [0, 0.1) is 0 Å². The molecule has 0 unspecified atom stereocenters. The molecule has 1 saturated heterocycles. The van der Waals surface area contributed by atoms with Gasteiger partial charge in [-0.05, 0) is 48.9 Å². The van der Waals surface area contributed by atoms with E-state index in [0.717, 1.165) is 11.8 Å². The van der Waals surface area contributed by atoms with Gasteiger partial charge in [0.15, 0.2) is 0 Å². The predicted molar refractivity (Wildman–Crippen MR) is 104 cm³/mol. The lowest BCUT2D eigenvalue weighted by Gasteiger charge is -2.33. The highest BCUT2D eigenvalue weighted by molar-refractivity contribution is 7.90. The van der Waals surface area contributed by atoms with Crippen LogP contribution in [0.1, 0.15) is 16.8 Å². The van der Waals surface area contributed by atoms with Crippen LogP contribution in [0.25, 0.3) is 11.0 Å². The zero-order valence-corrected chi connectivity index (χ0v) is 15.6. The van der Waals surface area contributed by atoms with Crippen molar-refractivity contribution in [1.82, 2.24) is 4.31 Å². The molecule has 1 amide bonds. The van der Waals surface area contributed by atoms with Gasteiger partial charge in [0.1, 0.15) is 5.58 Å². The van der Waals surface area contributed by atoms with Gasteiger partial charge in [-0.3, -0.25) is 9.10 Å². The number of fused-ring (bicyclic) bond motifs is 1. The summed E-state index contributed by atoms with van der Waals surface area (Å²) in [6.45, 7) is 0.945. The first kappa shape index (κ1) is 17.6. The largest absolute Gasteiger partial charge is 0.464 e. The van der Waals surface area contributed by atoms with Crippen LogP contribution in [0.5, 0.6) is 0 Å². The molecule has 1 fully saturated rings. The van der Waals surface area contributed by atoms with Gasteiger partial charge in [0, 0.05) is 42.8 Å². The third-order valence-corrected chi connectivity index (χ3v) is 6.56. The second-order valence-electron chi connectivity index (χ2n) is 6.43. The number of rotatable bonds is 3. The molecule has 1 N–H and O–H groups in total. The first-order valence-electron chi connectivity index (χ1n) is 8.58. The molecule has 0 bridgehead atoms. The normalized spacial score (nSPS) is 17.1. The number of benzene rings is 2. The fourth-order valence-corrected chi connectivity index (χ4v) is 4.56. The van der Waals surface area contributed by atoms with Crippen molar-refractivity contribution in [3.8, 4) is 0 Å². The third kappa shape index (κ3) is 3.29. The zero-order valence-electron chi connectivity index (χ0n) is 14.8. The number of hydrogen-bond donors (Lipinski definition) is 1. The van der Waals surface area contributed by atoms with Crippen LogP contribution in [0.4, 0.5) is 11.4 Å². The molecule has 1 aliphatic rings. The average Bonchev–Trinajstić information content (AvgIpc) is 3.12. The molecule has 0 saturated carbocycles. The van der Waals surface area contributed by atoms with Crippen molar-refractivity contribution in [3.63, 3.8) is 0 Å². The summed E-state index contributed by atoms with van der Waals surface area (Å²) >= 11 is 0. The number of furan rings is 1. The van der Waals surface area contributed by atoms with Gasteiger partial charge in [-0.25, -0.2) is 0 Å². The minimum absolute atomic E-state index is 0.272. The van der Waals surface area contributed by atoms with Crippen LogP contribution in [0.3, 0.4) is 0 Å². The lowest BCUT2D eigenvalue weighted by atomic mass is 10.1. The fourth-order valence-electron chi connectivity index (χ4n) is 3.11. The summed E-state index contributed by atoms with van der Waals surface area (Å²) in [7, 11) is -1.93. The van der Waals surface area contributed by atoms with E-state index in [0.29, 0.717) is 35.6 Å². The Morgan fingerprint density at radius 1 is 1.07 bits per heavy atom. The van der Waals surface area contributed by atoms with Gasteiger partial charge in [-0.2, -0.15) is 12.7 Å². The Bertz CT molecular complexity index is 1090. The Hall–Kier alpha value is -2.84. The van der Waals surface area contributed by atoms with Crippen molar-refractivity contribution in [2.24, 2.45) is 0 Å². The van der Waals surface area contributed by atoms with Crippen molar-refractivity contribution >= 4 is 38.5 Å². The standard InChI is InChI=1S/C19H19N3O4S/c1-21-10-2-11-22(27(21,24)25)17-7-4-15(5-8-17)19(23)20-16-6-3-14-9-12-26-18(14)13-16/h3-9,12-13H,2,10-11H2,1H3,(H,20,23). The maximum atomic E-state index is 12.5. The molecule has 2 heterocycles. The highest BCUT2D eigenvalue weighted by Crippen LogP contribution is 2.25. The molecule has 140 valence electrons. The van der Waals surface area contributed by atoms with E-state index in [1.54, 1.807) is 49.7 Å². The molecule has 0 spiro atoms. The molecule has 4 rings (SSSR count). The Labute approximate surface area is 157 Å². The van der Waals surface area contributed by atoms with Crippen LogP contribution in [-0.4, -0.2) is 38.8 Å². The van der Waals surface area contributed by atoms with Gasteiger partial charge in [0.25, 0.3) is 5.91 Å². The van der Waals surface area contributed by atoms with Gasteiger partial charge in [-0.15, -0.1) is 0 Å². The lowest BCUT2D eigenvalue weighted by molar-refractivity contribution is 0.102. The van der Waals surface area contributed by atoms with Crippen molar-refractivity contribution in [2.75, 3.05) is 29.8 Å². The monoisotopic (exact) mass is 385 g/mol. The third-order valence-electron chi connectivity index (χ3n) is 4.64. The number of nitrogens with zero attached hydrogens (tertiary/aromatic N) is 2. The highest BCUT2D eigenvalue weighted by atomic mass is 32.2. The van der Waals surface area contributed by atoms with Crippen LogP contribution >= 0.6 is 0 Å². The number of amides is 1. The van der Waals surface area contributed by atoms with E-state index in [4.69, 9.17) is 4.42 Å². The molecule has 7 nitrogen and oxygen atoms in total. The molecular formula is C19H19N3O4S. The van der Waals surface area contributed by atoms with Crippen LogP contribution in [-0.2, 0) is 10.2 Å². The Balaban J connectivity index is 1.52. The van der Waals surface area contributed by atoms with Gasteiger partial charge in [0.2, 0.25) is 0 Å². The van der Waals surface area contributed by atoms with E-state index in [1.807, 2.05) is 12.1 Å². The Morgan fingerprint density at radius 2 is 1.85 bits per heavy atom. The Kier molecular flexibility index (Phi) is 4.37. The maximum absolute atomic E-state index is 12.5. The average molecular weight is 385 g/mol. The quantitative estimate of drug-likeness (QED) is 0.751. The van der Waals surface area contributed by atoms with Gasteiger partial charge >= 0.3 is 10.2 Å². The van der Waals surface area contributed by atoms with E-state index < -0.39 is 10.2 Å². The zero-order chi connectivity index (χ0) is 19.0. The minimum Gasteiger partial charge on any atom is -0.464 e. The molecule has 27 heavy (non-hydrogen) atoms. The molecule has 2 aromatic carbocycles. The van der Waals surface area contributed by atoms with E-state index in [-0.39, 0.29) is 5.91 Å². The number of nitrogens with one attached hydrogen (secondary N) is 1. The van der Waals surface area contributed by atoms with Crippen LogP contribution in [0.15, 0.2) is 59.2 Å². The maximum Gasteiger partial charge on any atom is 0.303 e. The summed E-state index contributed by atoms with van der Waals surface area (Å²) < 4.78 is 32.9. The van der Waals surface area contributed by atoms with Crippen molar-refractivity contribution in [2.45, 2.75) is 6.42 Å². The van der Waals surface area contributed by atoms with E-state index >= 15 is 0 Å². The van der Waals surface area contributed by atoms with Crippen molar-refractivity contribution in [3.05, 3.63) is 60.4 Å². The molecule has 1 aliphatic heterocycles. The Morgan fingerprint density at radius 3 is 2.63 bits per heavy atom. The smallest absolute Gasteiger partial charge is 0.303 e. The predicted octanol–water partition coefficient (Wildman–Crippen LogP) is 3.07. The van der Waals surface area contributed by atoms with Crippen molar-refractivity contribution < 1.29 is 17.6 Å². The minimum atomic E-state index is -3.50. The molecule has 1 aromatic heterocycles. The SMILES string of the molecule is CN1CCCN(c2ccc(C(=O)Nc3ccc4ccoc4c3)cc2)S1(=O)=O. The molecule has 8 heteroatoms. The molecule has 0 atom stereocenters. The van der Waals surface area contributed by atoms with Gasteiger partial charge in [-0.1, -0.05) is 0 Å². The van der Waals surface area contributed by atoms with Gasteiger partial charge in [0.05, 0.1) is 12.0 Å². The first-order chi connectivity index (χ1) is 12.9. The molecule has 0 aliphatic carbocycles. The van der Waals surface area contributed by atoms with Crippen LogP contribution < -0.4 is 9.62 Å². The van der Waals surface area contributed by atoms with Crippen LogP contribution in [0.2, 0.25) is 0 Å².